The predicted octanol–water partition coefficient (Wildman–Crippen LogP) is 1.39. The third kappa shape index (κ3) is 2.31. The van der Waals surface area contributed by atoms with Crippen molar-refractivity contribution in [2.45, 2.75) is 0 Å². The number of hydrogen-bond acceptors (Lipinski definition) is 7. The van der Waals surface area contributed by atoms with Crippen LogP contribution in [-0.4, -0.2) is 20.2 Å². The number of anilines is 3. The summed E-state index contributed by atoms with van der Waals surface area (Å²) in [6, 6.07) is 5.96. The molecule has 0 saturated carbocycles. The van der Waals surface area contributed by atoms with Crippen LogP contribution < -0.4 is 16.6 Å². The summed E-state index contributed by atoms with van der Waals surface area (Å²) in [6.45, 7) is 0. The summed E-state index contributed by atoms with van der Waals surface area (Å²) in [5, 5.41) is 18.7. The van der Waals surface area contributed by atoms with Gasteiger partial charge in [0, 0.05) is 0 Å². The Hall–Kier alpha value is -3.25. The molecule has 1 aromatic carbocycles. The summed E-state index contributed by atoms with van der Waals surface area (Å²) in [4.78, 5) is 8.18. The van der Waals surface area contributed by atoms with E-state index in [-0.39, 0.29) is 17.2 Å². The summed E-state index contributed by atoms with van der Waals surface area (Å²) in [6.07, 6.45) is 1.51. The molecule has 9 heteroatoms. The van der Waals surface area contributed by atoms with Gasteiger partial charge in [-0.2, -0.15) is 20.3 Å². The topological polar surface area (TPSA) is 128 Å². The Morgan fingerprint density at radius 1 is 1.33 bits per heavy atom. The number of hydrazine groups is 1. The minimum Gasteiger partial charge on any atom is -0.337 e. The highest BCUT2D eigenvalue weighted by Crippen LogP contribution is 2.25. The third-order valence-corrected chi connectivity index (χ3v) is 2.79. The van der Waals surface area contributed by atoms with E-state index in [4.69, 9.17) is 11.1 Å². The normalized spacial score (nSPS) is 10.3. The Bertz CT molecular complexity index is 850. The van der Waals surface area contributed by atoms with Gasteiger partial charge in [-0.15, -0.1) is 0 Å². The molecule has 0 radical (unpaired) electrons. The van der Waals surface area contributed by atoms with Gasteiger partial charge in [-0.05, 0) is 18.2 Å². The SMILES string of the molecule is N#Cc1ccc(Nc2nc(NN)nc3[nH]ncc23)c(F)c1. The van der Waals surface area contributed by atoms with Crippen LogP contribution in [0.4, 0.5) is 21.8 Å². The van der Waals surface area contributed by atoms with Crippen LogP contribution in [0.3, 0.4) is 0 Å². The summed E-state index contributed by atoms with van der Waals surface area (Å²) in [5.74, 6) is 5.22. The quantitative estimate of drug-likeness (QED) is 0.422. The number of nitrogen functional groups attached to an aromatic ring is 1. The lowest BCUT2D eigenvalue weighted by atomic mass is 10.2. The van der Waals surface area contributed by atoms with Gasteiger partial charge in [0.1, 0.15) is 11.6 Å². The number of nitriles is 1. The number of nitrogens with zero attached hydrogens (tertiary/aromatic N) is 4. The predicted molar refractivity (Wildman–Crippen MR) is 73.9 cm³/mol. The lowest BCUT2D eigenvalue weighted by Crippen LogP contribution is -2.11. The van der Waals surface area contributed by atoms with Gasteiger partial charge >= 0.3 is 0 Å². The Balaban J connectivity index is 2.05. The van der Waals surface area contributed by atoms with Crippen molar-refractivity contribution in [3.05, 3.63) is 35.8 Å². The van der Waals surface area contributed by atoms with E-state index in [1.807, 2.05) is 6.07 Å². The molecule has 0 saturated heterocycles. The lowest BCUT2D eigenvalue weighted by Gasteiger charge is -2.09. The maximum absolute atomic E-state index is 13.9. The molecule has 21 heavy (non-hydrogen) atoms. The van der Waals surface area contributed by atoms with Gasteiger partial charge in [0.15, 0.2) is 5.65 Å². The van der Waals surface area contributed by atoms with E-state index in [1.165, 1.54) is 18.3 Å². The van der Waals surface area contributed by atoms with Crippen LogP contribution in [0, 0.1) is 17.1 Å². The Morgan fingerprint density at radius 2 is 2.19 bits per heavy atom. The van der Waals surface area contributed by atoms with Crippen molar-refractivity contribution in [3.63, 3.8) is 0 Å². The molecule has 0 aliphatic rings. The van der Waals surface area contributed by atoms with Crippen LogP contribution in [0.15, 0.2) is 24.4 Å². The lowest BCUT2D eigenvalue weighted by molar-refractivity contribution is 0.631. The highest BCUT2D eigenvalue weighted by Gasteiger charge is 2.11. The first-order valence-electron chi connectivity index (χ1n) is 5.85. The molecular weight excluding hydrogens is 275 g/mol. The first-order chi connectivity index (χ1) is 10.2. The van der Waals surface area contributed by atoms with E-state index in [2.05, 4.69) is 30.9 Å². The third-order valence-electron chi connectivity index (χ3n) is 2.79. The van der Waals surface area contributed by atoms with Crippen LogP contribution in [0.2, 0.25) is 0 Å². The van der Waals surface area contributed by atoms with Crippen LogP contribution in [0.25, 0.3) is 11.0 Å². The molecule has 8 nitrogen and oxygen atoms in total. The maximum Gasteiger partial charge on any atom is 0.241 e. The number of fused-ring (bicyclic) bond motifs is 1. The van der Waals surface area contributed by atoms with Crippen LogP contribution in [-0.2, 0) is 0 Å². The molecule has 0 aliphatic carbocycles. The minimum absolute atomic E-state index is 0.156. The van der Waals surface area contributed by atoms with Gasteiger partial charge in [-0.1, -0.05) is 0 Å². The van der Waals surface area contributed by atoms with Crippen molar-refractivity contribution in [2.24, 2.45) is 5.84 Å². The number of nitrogens with one attached hydrogen (secondary N) is 3. The van der Waals surface area contributed by atoms with Gasteiger partial charge in [0.25, 0.3) is 0 Å². The Labute approximate surface area is 117 Å². The monoisotopic (exact) mass is 284 g/mol. The van der Waals surface area contributed by atoms with Crippen molar-refractivity contribution < 1.29 is 4.39 Å². The van der Waals surface area contributed by atoms with Crippen molar-refractivity contribution in [3.8, 4) is 6.07 Å². The number of hydrogen-bond donors (Lipinski definition) is 4. The zero-order valence-corrected chi connectivity index (χ0v) is 10.6. The van der Waals surface area contributed by atoms with Crippen LogP contribution >= 0.6 is 0 Å². The first-order valence-corrected chi connectivity index (χ1v) is 5.85. The molecule has 2 heterocycles. The summed E-state index contributed by atoms with van der Waals surface area (Å²) in [5.41, 5.74) is 3.19. The molecule has 0 amide bonds. The standard InChI is InChI=1S/C12H9FN8/c13-8-3-6(4-14)1-2-9(8)17-10-7-5-16-21-11(7)19-12(18-10)20-15/h1-3,5H,15H2,(H3,16,17,18,19,20,21). The minimum atomic E-state index is -0.563. The molecule has 104 valence electrons. The highest BCUT2D eigenvalue weighted by atomic mass is 19.1. The van der Waals surface area contributed by atoms with E-state index >= 15 is 0 Å². The second kappa shape index (κ2) is 5.03. The fourth-order valence-electron chi connectivity index (χ4n) is 1.81. The molecule has 0 bridgehead atoms. The maximum atomic E-state index is 13.9. The van der Waals surface area contributed by atoms with E-state index in [1.54, 1.807) is 0 Å². The smallest absolute Gasteiger partial charge is 0.241 e. The molecule has 5 N–H and O–H groups in total. The van der Waals surface area contributed by atoms with Gasteiger partial charge in [-0.25, -0.2) is 10.2 Å². The summed E-state index contributed by atoms with van der Waals surface area (Å²) < 4.78 is 13.9. The Kier molecular flexibility index (Phi) is 3.06. The van der Waals surface area contributed by atoms with E-state index in [0.29, 0.717) is 16.9 Å². The van der Waals surface area contributed by atoms with Gasteiger partial charge < -0.3 is 5.32 Å². The number of aromatic amines is 1. The number of H-pyrrole nitrogens is 1. The van der Waals surface area contributed by atoms with E-state index in [0.717, 1.165) is 6.07 Å². The molecule has 3 aromatic rings. The summed E-state index contributed by atoms with van der Waals surface area (Å²) >= 11 is 0. The molecule has 3 rings (SSSR count). The average molecular weight is 284 g/mol. The molecular formula is C12H9FN8. The van der Waals surface area contributed by atoms with E-state index < -0.39 is 5.82 Å². The van der Waals surface area contributed by atoms with Gasteiger partial charge in [0.2, 0.25) is 5.95 Å². The van der Waals surface area contributed by atoms with Crippen molar-refractivity contribution in [1.82, 2.24) is 20.2 Å². The molecule has 0 unspecified atom stereocenters. The van der Waals surface area contributed by atoms with Crippen LogP contribution in [0.5, 0.6) is 0 Å². The molecule has 0 atom stereocenters. The van der Waals surface area contributed by atoms with Crippen molar-refractivity contribution in [2.75, 3.05) is 10.7 Å². The number of aromatic nitrogens is 4. The molecule has 0 spiro atoms. The number of nitrogens with two attached hydrogens (primary N) is 1. The highest BCUT2D eigenvalue weighted by molar-refractivity contribution is 5.89. The number of rotatable bonds is 3. The Morgan fingerprint density at radius 3 is 2.90 bits per heavy atom. The fraction of sp³-hybridized carbons (Fsp3) is 0. The second-order valence-corrected chi connectivity index (χ2v) is 4.10. The zero-order valence-electron chi connectivity index (χ0n) is 10.6. The molecule has 0 aliphatic heterocycles. The molecule has 0 fully saturated rings. The average Bonchev–Trinajstić information content (AvgIpc) is 2.97. The number of benzene rings is 1. The van der Waals surface area contributed by atoms with Gasteiger partial charge in [0.05, 0.1) is 28.9 Å². The zero-order chi connectivity index (χ0) is 14.8. The van der Waals surface area contributed by atoms with Gasteiger partial charge in [-0.3, -0.25) is 10.5 Å². The largest absolute Gasteiger partial charge is 0.337 e. The summed E-state index contributed by atoms with van der Waals surface area (Å²) in [7, 11) is 0. The fourth-order valence-corrected chi connectivity index (χ4v) is 1.81. The van der Waals surface area contributed by atoms with Crippen LogP contribution in [0.1, 0.15) is 5.56 Å². The van der Waals surface area contributed by atoms with Crippen molar-refractivity contribution >= 4 is 28.5 Å². The molecule has 2 aromatic heterocycles. The van der Waals surface area contributed by atoms with E-state index in [9.17, 15) is 4.39 Å². The number of halogens is 1. The first kappa shape index (κ1) is 12.8. The second-order valence-electron chi connectivity index (χ2n) is 4.10. The van der Waals surface area contributed by atoms with Crippen molar-refractivity contribution in [1.29, 1.82) is 5.26 Å².